The Morgan fingerprint density at radius 2 is 2.06 bits per heavy atom. The molecule has 16 heavy (non-hydrogen) atoms. The molecular weight excluding hydrogens is 270 g/mol. The second kappa shape index (κ2) is 4.91. The first-order valence-electron chi connectivity index (χ1n) is 5.40. The van der Waals surface area contributed by atoms with Crippen LogP contribution < -0.4 is 0 Å². The van der Waals surface area contributed by atoms with Gasteiger partial charge in [-0.05, 0) is 28.8 Å². The summed E-state index contributed by atoms with van der Waals surface area (Å²) in [7, 11) is 0. The summed E-state index contributed by atoms with van der Waals surface area (Å²) in [5.41, 5.74) is 1.03. The van der Waals surface area contributed by atoms with Crippen LogP contribution in [0.5, 0.6) is 0 Å². The van der Waals surface area contributed by atoms with Crippen molar-refractivity contribution in [2.75, 3.05) is 13.1 Å². The number of amides is 1. The molecule has 5 heteroatoms. The Labute approximate surface area is 103 Å². The number of carbonyl (C=O) groups excluding carboxylic acids is 1. The Bertz CT molecular complexity index is 371. The molecule has 0 spiro atoms. The molecule has 0 aliphatic carbocycles. The van der Waals surface area contributed by atoms with E-state index in [2.05, 4.69) is 25.9 Å². The normalized spacial score (nSPS) is 17.5. The number of piperidine rings is 1. The molecule has 0 N–H and O–H groups in total. The van der Waals surface area contributed by atoms with Crippen LogP contribution in [0, 0.1) is 0 Å². The van der Waals surface area contributed by atoms with Crippen LogP contribution in [-0.4, -0.2) is 33.9 Å². The summed E-state index contributed by atoms with van der Waals surface area (Å²) in [6.07, 6.45) is 5.51. The molecule has 2 heterocycles. The van der Waals surface area contributed by atoms with Gasteiger partial charge in [0, 0.05) is 25.9 Å². The maximum Gasteiger partial charge on any atom is 0.219 e. The van der Waals surface area contributed by atoms with Crippen LogP contribution in [0.15, 0.2) is 17.0 Å². The van der Waals surface area contributed by atoms with Crippen molar-refractivity contribution in [3.05, 3.63) is 22.7 Å². The summed E-state index contributed by atoms with van der Waals surface area (Å²) in [6, 6.07) is 0. The first-order valence-corrected chi connectivity index (χ1v) is 6.19. The number of carbonyl (C=O) groups is 1. The fraction of sp³-hybridized carbons (Fsp3) is 0.545. The van der Waals surface area contributed by atoms with E-state index in [-0.39, 0.29) is 5.91 Å². The molecular formula is C11H14BrN3O. The Morgan fingerprint density at radius 3 is 2.56 bits per heavy atom. The lowest BCUT2D eigenvalue weighted by Crippen LogP contribution is -2.36. The van der Waals surface area contributed by atoms with Crippen molar-refractivity contribution in [2.45, 2.75) is 25.7 Å². The standard InChI is InChI=1S/C11H14BrN3O/c1-8(16)15-4-2-9(3-5-15)10-6-14-11(12)7-13-10/h6-7,9H,2-5H2,1H3. The van der Waals surface area contributed by atoms with Crippen LogP contribution in [0.4, 0.5) is 0 Å². The largest absolute Gasteiger partial charge is 0.343 e. The number of hydrogen-bond acceptors (Lipinski definition) is 3. The van der Waals surface area contributed by atoms with Gasteiger partial charge in [-0.2, -0.15) is 0 Å². The molecule has 0 atom stereocenters. The Hall–Kier alpha value is -0.970. The van der Waals surface area contributed by atoms with Crippen molar-refractivity contribution >= 4 is 21.8 Å². The van der Waals surface area contributed by atoms with Crippen LogP contribution in [0.25, 0.3) is 0 Å². The molecule has 0 saturated carbocycles. The molecule has 0 unspecified atom stereocenters. The first-order chi connectivity index (χ1) is 7.66. The Kier molecular flexibility index (Phi) is 3.53. The maximum atomic E-state index is 11.2. The highest BCUT2D eigenvalue weighted by atomic mass is 79.9. The van der Waals surface area contributed by atoms with E-state index < -0.39 is 0 Å². The Balaban J connectivity index is 1.99. The molecule has 1 fully saturated rings. The highest BCUT2D eigenvalue weighted by Gasteiger charge is 2.22. The van der Waals surface area contributed by atoms with Crippen LogP contribution in [0.1, 0.15) is 31.4 Å². The molecule has 1 amide bonds. The van der Waals surface area contributed by atoms with Crippen LogP contribution >= 0.6 is 15.9 Å². The predicted molar refractivity (Wildman–Crippen MR) is 64.0 cm³/mol. The summed E-state index contributed by atoms with van der Waals surface area (Å²) < 4.78 is 0.762. The van der Waals surface area contributed by atoms with Crippen molar-refractivity contribution < 1.29 is 4.79 Å². The zero-order valence-electron chi connectivity index (χ0n) is 9.19. The fourth-order valence-corrected chi connectivity index (χ4v) is 2.23. The van der Waals surface area contributed by atoms with Gasteiger partial charge in [0.1, 0.15) is 4.60 Å². The van der Waals surface area contributed by atoms with Gasteiger partial charge < -0.3 is 4.90 Å². The summed E-state index contributed by atoms with van der Waals surface area (Å²) in [5.74, 6) is 0.608. The zero-order chi connectivity index (χ0) is 11.5. The first kappa shape index (κ1) is 11.5. The third-order valence-electron chi connectivity index (χ3n) is 3.00. The minimum absolute atomic E-state index is 0.167. The van der Waals surface area contributed by atoms with Crippen LogP contribution in [0.3, 0.4) is 0 Å². The molecule has 1 aromatic heterocycles. The van der Waals surface area contributed by atoms with Gasteiger partial charge in [0.05, 0.1) is 18.1 Å². The maximum absolute atomic E-state index is 11.2. The number of nitrogens with zero attached hydrogens (tertiary/aromatic N) is 3. The van der Waals surface area contributed by atoms with Crippen LogP contribution in [-0.2, 0) is 4.79 Å². The lowest BCUT2D eigenvalue weighted by Gasteiger charge is -2.30. The van der Waals surface area contributed by atoms with E-state index >= 15 is 0 Å². The second-order valence-corrected chi connectivity index (χ2v) is 4.86. The lowest BCUT2D eigenvalue weighted by atomic mass is 9.94. The van der Waals surface area contributed by atoms with Gasteiger partial charge in [-0.25, -0.2) is 4.98 Å². The van der Waals surface area contributed by atoms with Crippen LogP contribution in [0.2, 0.25) is 0 Å². The predicted octanol–water partition coefficient (Wildman–Crippen LogP) is 1.97. The van der Waals surface area contributed by atoms with Gasteiger partial charge >= 0.3 is 0 Å². The lowest BCUT2D eigenvalue weighted by molar-refractivity contribution is -0.129. The molecule has 2 rings (SSSR count). The van der Waals surface area contributed by atoms with E-state index in [0.29, 0.717) is 5.92 Å². The fourth-order valence-electron chi connectivity index (χ4n) is 2.02. The monoisotopic (exact) mass is 283 g/mol. The van der Waals surface area contributed by atoms with E-state index in [0.717, 1.165) is 36.2 Å². The third-order valence-corrected chi connectivity index (χ3v) is 3.41. The molecule has 86 valence electrons. The molecule has 1 saturated heterocycles. The second-order valence-electron chi connectivity index (χ2n) is 4.04. The molecule has 1 aromatic rings. The third kappa shape index (κ3) is 2.58. The molecule has 4 nitrogen and oxygen atoms in total. The van der Waals surface area contributed by atoms with Gasteiger partial charge in [0.2, 0.25) is 5.91 Å². The van der Waals surface area contributed by atoms with E-state index in [1.807, 2.05) is 11.1 Å². The molecule has 0 radical (unpaired) electrons. The Morgan fingerprint density at radius 1 is 1.38 bits per heavy atom. The van der Waals surface area contributed by atoms with E-state index in [9.17, 15) is 4.79 Å². The molecule has 1 aliphatic heterocycles. The van der Waals surface area contributed by atoms with E-state index in [4.69, 9.17) is 0 Å². The number of hydrogen-bond donors (Lipinski definition) is 0. The van der Waals surface area contributed by atoms with E-state index in [1.165, 1.54) is 0 Å². The van der Waals surface area contributed by atoms with Crippen molar-refractivity contribution in [1.82, 2.24) is 14.9 Å². The topological polar surface area (TPSA) is 46.1 Å². The van der Waals surface area contributed by atoms with Crippen molar-refractivity contribution in [3.8, 4) is 0 Å². The summed E-state index contributed by atoms with van der Waals surface area (Å²) in [6.45, 7) is 3.29. The SMILES string of the molecule is CC(=O)N1CCC(c2cnc(Br)cn2)CC1. The van der Waals surface area contributed by atoms with Crippen molar-refractivity contribution in [2.24, 2.45) is 0 Å². The number of likely N-dealkylation sites (tertiary alicyclic amines) is 1. The average Bonchev–Trinajstić information content (AvgIpc) is 2.30. The van der Waals surface area contributed by atoms with Gasteiger partial charge in [-0.1, -0.05) is 0 Å². The summed E-state index contributed by atoms with van der Waals surface area (Å²) in [5, 5.41) is 0. The summed E-state index contributed by atoms with van der Waals surface area (Å²) in [4.78, 5) is 21.6. The minimum atomic E-state index is 0.167. The number of aromatic nitrogens is 2. The quantitative estimate of drug-likeness (QED) is 0.792. The van der Waals surface area contributed by atoms with Gasteiger partial charge in [-0.15, -0.1) is 0 Å². The smallest absolute Gasteiger partial charge is 0.219 e. The summed E-state index contributed by atoms with van der Waals surface area (Å²) >= 11 is 3.27. The minimum Gasteiger partial charge on any atom is -0.343 e. The van der Waals surface area contributed by atoms with Crippen molar-refractivity contribution in [1.29, 1.82) is 0 Å². The molecule has 1 aliphatic rings. The number of halogens is 1. The average molecular weight is 284 g/mol. The van der Waals surface area contributed by atoms with Crippen molar-refractivity contribution in [3.63, 3.8) is 0 Å². The van der Waals surface area contributed by atoms with Gasteiger partial charge in [0.25, 0.3) is 0 Å². The van der Waals surface area contributed by atoms with Gasteiger partial charge in [0.15, 0.2) is 0 Å². The van der Waals surface area contributed by atoms with E-state index in [1.54, 1.807) is 13.1 Å². The highest BCUT2D eigenvalue weighted by molar-refractivity contribution is 9.10. The highest BCUT2D eigenvalue weighted by Crippen LogP contribution is 2.26. The van der Waals surface area contributed by atoms with Gasteiger partial charge in [-0.3, -0.25) is 9.78 Å². The number of rotatable bonds is 1. The zero-order valence-corrected chi connectivity index (χ0v) is 10.8. The molecule has 0 aromatic carbocycles. The molecule has 0 bridgehead atoms.